The van der Waals surface area contributed by atoms with E-state index in [2.05, 4.69) is 5.10 Å². The van der Waals surface area contributed by atoms with Crippen LogP contribution in [0.4, 0.5) is 0 Å². The van der Waals surface area contributed by atoms with Crippen molar-refractivity contribution in [2.24, 2.45) is 5.73 Å². The van der Waals surface area contributed by atoms with Gasteiger partial charge in [-0.15, -0.1) is 0 Å². The highest BCUT2D eigenvalue weighted by Crippen LogP contribution is 2.24. The average molecular weight is 328 g/mol. The van der Waals surface area contributed by atoms with E-state index in [-0.39, 0.29) is 11.9 Å². The summed E-state index contributed by atoms with van der Waals surface area (Å²) in [6.07, 6.45) is 4.91. The molecule has 1 amide bonds. The Labute approximate surface area is 142 Å². The molecule has 6 heteroatoms. The number of rotatable bonds is 4. The van der Waals surface area contributed by atoms with Crippen molar-refractivity contribution in [1.82, 2.24) is 14.7 Å². The third-order valence-electron chi connectivity index (χ3n) is 4.55. The highest BCUT2D eigenvalue weighted by molar-refractivity contribution is 5.92. The minimum atomic E-state index is -0.0458. The summed E-state index contributed by atoms with van der Waals surface area (Å²) < 4.78 is 7.10. The Morgan fingerprint density at radius 3 is 2.96 bits per heavy atom. The lowest BCUT2D eigenvalue weighted by atomic mass is 10.0. The molecule has 0 saturated carbocycles. The number of ether oxygens (including phenoxy) is 1. The summed E-state index contributed by atoms with van der Waals surface area (Å²) in [5, 5.41) is 4.48. The lowest BCUT2D eigenvalue weighted by Crippen LogP contribution is -2.47. The zero-order valence-corrected chi connectivity index (χ0v) is 14.2. The molecule has 1 saturated heterocycles. The van der Waals surface area contributed by atoms with Crippen LogP contribution < -0.4 is 10.5 Å². The van der Waals surface area contributed by atoms with Gasteiger partial charge in [0, 0.05) is 25.3 Å². The van der Waals surface area contributed by atoms with E-state index >= 15 is 0 Å². The first-order chi connectivity index (χ1) is 11.6. The van der Waals surface area contributed by atoms with Gasteiger partial charge in [-0.25, -0.2) is 4.68 Å². The fourth-order valence-electron chi connectivity index (χ4n) is 3.21. The third-order valence-corrected chi connectivity index (χ3v) is 4.55. The molecule has 24 heavy (non-hydrogen) atoms. The largest absolute Gasteiger partial charge is 0.494 e. The highest BCUT2D eigenvalue weighted by atomic mass is 16.5. The van der Waals surface area contributed by atoms with Crippen LogP contribution in [0.1, 0.15) is 35.3 Å². The maximum atomic E-state index is 12.8. The van der Waals surface area contributed by atoms with Crippen LogP contribution in [0.3, 0.4) is 0 Å². The second-order valence-electron chi connectivity index (χ2n) is 6.20. The Morgan fingerprint density at radius 2 is 2.21 bits per heavy atom. The lowest BCUT2D eigenvalue weighted by molar-refractivity contribution is 0.0616. The van der Waals surface area contributed by atoms with Gasteiger partial charge < -0.3 is 15.4 Å². The number of amides is 1. The van der Waals surface area contributed by atoms with Crippen molar-refractivity contribution in [3.63, 3.8) is 0 Å². The monoisotopic (exact) mass is 328 g/mol. The first-order valence-electron chi connectivity index (χ1n) is 8.35. The zero-order chi connectivity index (χ0) is 17.1. The highest BCUT2D eigenvalue weighted by Gasteiger charge is 2.27. The van der Waals surface area contributed by atoms with Crippen molar-refractivity contribution in [3.8, 4) is 11.4 Å². The van der Waals surface area contributed by atoms with Gasteiger partial charge in [-0.3, -0.25) is 4.79 Å². The minimum Gasteiger partial charge on any atom is -0.494 e. The lowest BCUT2D eigenvalue weighted by Gasteiger charge is -2.34. The van der Waals surface area contributed by atoms with E-state index in [1.807, 2.05) is 30.0 Å². The van der Waals surface area contributed by atoms with Crippen LogP contribution in [0.15, 0.2) is 30.5 Å². The molecule has 0 spiro atoms. The van der Waals surface area contributed by atoms with Crippen LogP contribution in [0.5, 0.6) is 5.75 Å². The number of hydrogen-bond donors (Lipinski definition) is 1. The van der Waals surface area contributed by atoms with E-state index in [4.69, 9.17) is 10.5 Å². The van der Waals surface area contributed by atoms with Gasteiger partial charge >= 0.3 is 0 Å². The van der Waals surface area contributed by atoms with Crippen molar-refractivity contribution in [3.05, 3.63) is 41.7 Å². The van der Waals surface area contributed by atoms with Gasteiger partial charge in [-0.2, -0.15) is 5.10 Å². The van der Waals surface area contributed by atoms with Crippen molar-refractivity contribution in [2.75, 3.05) is 20.2 Å². The number of carbonyl (C=O) groups excluding carboxylic acids is 1. The van der Waals surface area contributed by atoms with Gasteiger partial charge in [0.05, 0.1) is 7.11 Å². The molecule has 1 atom stereocenters. The predicted octanol–water partition coefficient (Wildman–Crippen LogP) is 2.14. The molecule has 1 fully saturated rings. The molecule has 1 unspecified atom stereocenters. The van der Waals surface area contributed by atoms with Gasteiger partial charge in [0.25, 0.3) is 5.91 Å². The standard InChI is InChI=1S/C18H24N4O2/c1-13-6-7-17(24-2)16(11-13)22-10-8-15(20-22)18(23)21-9-4-3-5-14(21)12-19/h6-8,10-11,14H,3-5,9,12,19H2,1-2H3. The molecule has 0 bridgehead atoms. The number of nitrogens with zero attached hydrogens (tertiary/aromatic N) is 3. The average Bonchev–Trinajstić information content (AvgIpc) is 3.11. The van der Waals surface area contributed by atoms with Crippen LogP contribution in [0.25, 0.3) is 5.69 Å². The summed E-state index contributed by atoms with van der Waals surface area (Å²) in [7, 11) is 1.63. The molecule has 2 aromatic rings. The molecule has 0 aliphatic carbocycles. The Kier molecular flexibility index (Phi) is 4.85. The van der Waals surface area contributed by atoms with Crippen molar-refractivity contribution < 1.29 is 9.53 Å². The summed E-state index contributed by atoms with van der Waals surface area (Å²) in [5.74, 6) is 0.677. The molecule has 0 radical (unpaired) electrons. The van der Waals surface area contributed by atoms with Gasteiger partial charge in [0.15, 0.2) is 5.69 Å². The number of likely N-dealkylation sites (tertiary alicyclic amines) is 1. The second-order valence-corrected chi connectivity index (χ2v) is 6.20. The molecular formula is C18H24N4O2. The first-order valence-corrected chi connectivity index (χ1v) is 8.35. The maximum Gasteiger partial charge on any atom is 0.274 e. The summed E-state index contributed by atoms with van der Waals surface area (Å²) in [6, 6.07) is 7.75. The van der Waals surface area contributed by atoms with Crippen LogP contribution in [0, 0.1) is 6.92 Å². The fraction of sp³-hybridized carbons (Fsp3) is 0.444. The van der Waals surface area contributed by atoms with Crippen LogP contribution in [0.2, 0.25) is 0 Å². The second kappa shape index (κ2) is 7.05. The molecular weight excluding hydrogens is 304 g/mol. The van der Waals surface area contributed by atoms with E-state index in [1.54, 1.807) is 24.1 Å². The number of nitrogens with two attached hydrogens (primary N) is 1. The minimum absolute atomic E-state index is 0.0458. The number of carbonyl (C=O) groups is 1. The van der Waals surface area contributed by atoms with Gasteiger partial charge in [0.2, 0.25) is 0 Å². The summed E-state index contributed by atoms with van der Waals surface area (Å²) in [5.41, 5.74) is 8.20. The van der Waals surface area contributed by atoms with E-state index in [0.717, 1.165) is 42.8 Å². The van der Waals surface area contributed by atoms with Crippen molar-refractivity contribution in [2.45, 2.75) is 32.2 Å². The smallest absolute Gasteiger partial charge is 0.274 e. The van der Waals surface area contributed by atoms with Gasteiger partial charge in [-0.05, 0) is 49.9 Å². The maximum absolute atomic E-state index is 12.8. The van der Waals surface area contributed by atoms with E-state index in [1.165, 1.54) is 0 Å². The molecule has 1 aliphatic heterocycles. The quantitative estimate of drug-likeness (QED) is 0.933. The predicted molar refractivity (Wildman–Crippen MR) is 92.6 cm³/mol. The Bertz CT molecular complexity index is 726. The SMILES string of the molecule is COc1ccc(C)cc1-n1ccc(C(=O)N2CCCCC2CN)n1. The molecule has 6 nitrogen and oxygen atoms in total. The molecule has 1 aliphatic rings. The third kappa shape index (κ3) is 3.14. The van der Waals surface area contributed by atoms with Gasteiger partial charge in [0.1, 0.15) is 11.4 Å². The number of hydrogen-bond acceptors (Lipinski definition) is 4. The molecule has 3 rings (SSSR count). The van der Waals surface area contributed by atoms with Crippen LogP contribution >= 0.6 is 0 Å². The topological polar surface area (TPSA) is 73.4 Å². The normalized spacial score (nSPS) is 17.8. The number of piperidine rings is 1. The van der Waals surface area contributed by atoms with Crippen LogP contribution in [-0.2, 0) is 0 Å². The number of aromatic nitrogens is 2. The Balaban J connectivity index is 1.88. The number of benzene rings is 1. The number of aryl methyl sites for hydroxylation is 1. The zero-order valence-electron chi connectivity index (χ0n) is 14.2. The molecule has 2 heterocycles. The molecule has 2 N–H and O–H groups in total. The van der Waals surface area contributed by atoms with Crippen molar-refractivity contribution >= 4 is 5.91 Å². The Morgan fingerprint density at radius 1 is 1.38 bits per heavy atom. The van der Waals surface area contributed by atoms with E-state index < -0.39 is 0 Å². The van der Waals surface area contributed by atoms with E-state index in [0.29, 0.717) is 12.2 Å². The van der Waals surface area contributed by atoms with Crippen LogP contribution in [-0.4, -0.2) is 46.8 Å². The Hall–Kier alpha value is -2.34. The number of methoxy groups -OCH3 is 1. The van der Waals surface area contributed by atoms with Crippen molar-refractivity contribution in [1.29, 1.82) is 0 Å². The summed E-state index contributed by atoms with van der Waals surface area (Å²) >= 11 is 0. The fourth-order valence-corrected chi connectivity index (χ4v) is 3.21. The van der Waals surface area contributed by atoms with Gasteiger partial charge in [-0.1, -0.05) is 6.07 Å². The molecule has 128 valence electrons. The molecule has 1 aromatic heterocycles. The first kappa shape index (κ1) is 16.5. The van der Waals surface area contributed by atoms with E-state index in [9.17, 15) is 4.79 Å². The molecule has 1 aromatic carbocycles. The summed E-state index contributed by atoms with van der Waals surface area (Å²) in [6.45, 7) is 3.26. The summed E-state index contributed by atoms with van der Waals surface area (Å²) in [4.78, 5) is 14.7.